The van der Waals surface area contributed by atoms with Gasteiger partial charge in [-0.05, 0) is 6.42 Å². The van der Waals surface area contributed by atoms with Gasteiger partial charge in [0.05, 0.1) is 7.11 Å². The molecule has 0 fully saturated rings. The maximum absolute atomic E-state index is 13.5. The third kappa shape index (κ3) is 3.62. The first-order valence-electron chi connectivity index (χ1n) is 6.20. The van der Waals surface area contributed by atoms with Crippen LogP contribution in [0.4, 0.5) is 27.6 Å². The molecule has 1 aromatic carbocycles. The molecular weight excluding hydrogens is 297 g/mol. The van der Waals surface area contributed by atoms with Crippen LogP contribution in [0.15, 0.2) is 0 Å². The van der Waals surface area contributed by atoms with E-state index in [2.05, 4.69) is 4.74 Å². The zero-order valence-corrected chi connectivity index (χ0v) is 11.4. The Hall–Kier alpha value is -1.86. The normalized spacial score (nSPS) is 12.1. The topological polar surface area (TPSA) is 38.3 Å². The van der Waals surface area contributed by atoms with Crippen LogP contribution in [0.5, 0.6) is 0 Å². The molecule has 0 saturated heterocycles. The van der Waals surface area contributed by atoms with Crippen molar-refractivity contribution in [3.63, 3.8) is 0 Å². The minimum atomic E-state index is -2.25. The number of hydrogen-bond acceptors (Lipinski definition) is 3. The molecule has 1 rings (SSSR count). The Morgan fingerprint density at radius 3 is 1.95 bits per heavy atom. The number of methoxy groups -OCH3 is 1. The number of ether oxygens (including phenoxy) is 1. The molecule has 0 aliphatic rings. The van der Waals surface area contributed by atoms with Gasteiger partial charge in [-0.2, -0.15) is 0 Å². The second kappa shape index (κ2) is 7.24. The molecule has 1 unspecified atom stereocenters. The van der Waals surface area contributed by atoms with Crippen LogP contribution in [0.3, 0.4) is 0 Å². The fraction of sp³-hybridized carbons (Fsp3) is 0.462. The van der Waals surface area contributed by atoms with Gasteiger partial charge in [0, 0.05) is 0 Å². The van der Waals surface area contributed by atoms with Crippen LogP contribution in [0.25, 0.3) is 0 Å². The van der Waals surface area contributed by atoms with E-state index in [1.807, 2.05) is 12.2 Å². The molecule has 1 aromatic rings. The first-order chi connectivity index (χ1) is 9.84. The summed E-state index contributed by atoms with van der Waals surface area (Å²) in [6, 6.07) is -1.21. The summed E-state index contributed by atoms with van der Waals surface area (Å²) in [4.78, 5) is 11.5. The lowest BCUT2D eigenvalue weighted by molar-refractivity contribution is -0.141. The van der Waals surface area contributed by atoms with Crippen molar-refractivity contribution < 1.29 is 31.5 Å². The summed E-state index contributed by atoms with van der Waals surface area (Å²) in [5.74, 6) is -11.3. The molecule has 8 heteroatoms. The van der Waals surface area contributed by atoms with Crippen molar-refractivity contribution in [1.29, 1.82) is 0 Å². The summed E-state index contributed by atoms with van der Waals surface area (Å²) in [6.07, 6.45) is 1.30. The molecule has 3 nitrogen and oxygen atoms in total. The number of esters is 1. The molecule has 0 aliphatic carbocycles. The first-order valence-corrected chi connectivity index (χ1v) is 6.20. The first kappa shape index (κ1) is 17.2. The number of unbranched alkanes of at least 4 members (excludes halogenated alkanes) is 1. The van der Waals surface area contributed by atoms with Crippen LogP contribution < -0.4 is 5.32 Å². The standard InChI is InChI=1S/C13H14F5NO2/c1-3-4-5-6(13(20)21-2)19-12-10(17)8(15)7(14)9(16)11(12)18/h6,19H,3-5H2,1-2H3. The SMILES string of the molecule is CCCCC(Nc1c(F)c(F)c(F)c(F)c1F)C(=O)OC. The Labute approximate surface area is 118 Å². The van der Waals surface area contributed by atoms with Gasteiger partial charge in [0.2, 0.25) is 5.82 Å². The van der Waals surface area contributed by atoms with E-state index in [1.54, 1.807) is 0 Å². The fourth-order valence-corrected chi connectivity index (χ4v) is 1.71. The van der Waals surface area contributed by atoms with Gasteiger partial charge in [-0.15, -0.1) is 0 Å². The van der Waals surface area contributed by atoms with E-state index in [0.29, 0.717) is 12.8 Å². The summed E-state index contributed by atoms with van der Waals surface area (Å²) >= 11 is 0. The maximum Gasteiger partial charge on any atom is 0.328 e. The number of rotatable bonds is 6. The van der Waals surface area contributed by atoms with Crippen LogP contribution in [-0.2, 0) is 9.53 Å². The molecule has 118 valence electrons. The average molecular weight is 311 g/mol. The van der Waals surface area contributed by atoms with Gasteiger partial charge in [-0.1, -0.05) is 19.8 Å². The lowest BCUT2D eigenvalue weighted by Crippen LogP contribution is -2.32. The maximum atomic E-state index is 13.5. The number of hydrogen-bond donors (Lipinski definition) is 1. The Kier molecular flexibility index (Phi) is 5.92. The third-order valence-corrected chi connectivity index (χ3v) is 2.86. The van der Waals surface area contributed by atoms with Gasteiger partial charge in [0.15, 0.2) is 23.3 Å². The number of benzene rings is 1. The highest BCUT2D eigenvalue weighted by Crippen LogP contribution is 2.28. The quantitative estimate of drug-likeness (QED) is 0.378. The van der Waals surface area contributed by atoms with E-state index in [-0.39, 0.29) is 6.42 Å². The van der Waals surface area contributed by atoms with Crippen molar-refractivity contribution >= 4 is 11.7 Å². The van der Waals surface area contributed by atoms with Crippen molar-refractivity contribution in [2.45, 2.75) is 32.2 Å². The molecule has 21 heavy (non-hydrogen) atoms. The van der Waals surface area contributed by atoms with Crippen molar-refractivity contribution in [3.05, 3.63) is 29.1 Å². The molecular formula is C13H14F5NO2. The largest absolute Gasteiger partial charge is 0.467 e. The summed E-state index contributed by atoms with van der Waals surface area (Å²) in [6.45, 7) is 1.81. The Balaban J connectivity index is 3.17. The van der Waals surface area contributed by atoms with Gasteiger partial charge in [-0.3, -0.25) is 0 Å². The number of anilines is 1. The summed E-state index contributed by atoms with van der Waals surface area (Å²) in [5.41, 5.74) is -1.24. The van der Waals surface area contributed by atoms with Crippen molar-refractivity contribution in [3.8, 4) is 0 Å². The molecule has 0 heterocycles. The van der Waals surface area contributed by atoms with E-state index in [1.165, 1.54) is 0 Å². The highest BCUT2D eigenvalue weighted by molar-refractivity contribution is 5.79. The minimum absolute atomic E-state index is 0.128. The molecule has 0 bridgehead atoms. The molecule has 1 N–H and O–H groups in total. The van der Waals surface area contributed by atoms with Gasteiger partial charge < -0.3 is 10.1 Å². The summed E-state index contributed by atoms with van der Waals surface area (Å²) < 4.78 is 70.5. The van der Waals surface area contributed by atoms with Gasteiger partial charge in [0.25, 0.3) is 0 Å². The lowest BCUT2D eigenvalue weighted by Gasteiger charge is -2.18. The van der Waals surface area contributed by atoms with Gasteiger partial charge >= 0.3 is 5.97 Å². The number of halogens is 5. The second-order valence-electron chi connectivity index (χ2n) is 4.31. The highest BCUT2D eigenvalue weighted by atomic mass is 19.2. The van der Waals surface area contributed by atoms with Crippen LogP contribution in [-0.4, -0.2) is 19.1 Å². The minimum Gasteiger partial charge on any atom is -0.467 e. The second-order valence-corrected chi connectivity index (χ2v) is 4.31. The highest BCUT2D eigenvalue weighted by Gasteiger charge is 2.29. The van der Waals surface area contributed by atoms with E-state index in [4.69, 9.17) is 0 Å². The van der Waals surface area contributed by atoms with Crippen LogP contribution in [0.2, 0.25) is 0 Å². The number of carbonyl (C=O) groups is 1. The summed E-state index contributed by atoms with van der Waals surface area (Å²) in [5, 5.41) is 2.04. The Bertz CT molecular complexity index is 507. The van der Waals surface area contributed by atoms with Crippen molar-refractivity contribution in [1.82, 2.24) is 0 Å². The molecule has 0 radical (unpaired) electrons. The van der Waals surface area contributed by atoms with Gasteiger partial charge in [-0.25, -0.2) is 26.7 Å². The zero-order chi connectivity index (χ0) is 16.2. The Morgan fingerprint density at radius 1 is 1.05 bits per heavy atom. The molecule has 0 saturated carbocycles. The monoisotopic (exact) mass is 311 g/mol. The van der Waals surface area contributed by atoms with Crippen LogP contribution >= 0.6 is 0 Å². The van der Waals surface area contributed by atoms with E-state index >= 15 is 0 Å². The Morgan fingerprint density at radius 2 is 1.52 bits per heavy atom. The van der Waals surface area contributed by atoms with Crippen LogP contribution in [0.1, 0.15) is 26.2 Å². The predicted molar refractivity (Wildman–Crippen MR) is 65.2 cm³/mol. The molecule has 0 aliphatic heterocycles. The molecule has 1 atom stereocenters. The van der Waals surface area contributed by atoms with E-state index < -0.39 is 46.8 Å². The zero-order valence-electron chi connectivity index (χ0n) is 11.4. The number of nitrogens with one attached hydrogen (secondary N) is 1. The van der Waals surface area contributed by atoms with E-state index in [0.717, 1.165) is 7.11 Å². The fourth-order valence-electron chi connectivity index (χ4n) is 1.71. The van der Waals surface area contributed by atoms with Crippen LogP contribution in [0, 0.1) is 29.1 Å². The molecule has 0 aromatic heterocycles. The third-order valence-electron chi connectivity index (χ3n) is 2.86. The van der Waals surface area contributed by atoms with Gasteiger partial charge in [0.1, 0.15) is 11.7 Å². The number of carbonyl (C=O) groups excluding carboxylic acids is 1. The lowest BCUT2D eigenvalue weighted by atomic mass is 10.1. The molecule has 0 spiro atoms. The summed E-state index contributed by atoms with van der Waals surface area (Å²) in [7, 11) is 1.06. The molecule has 0 amide bonds. The predicted octanol–water partition coefficient (Wildman–Crippen LogP) is 3.53. The van der Waals surface area contributed by atoms with Crippen molar-refractivity contribution in [2.75, 3.05) is 12.4 Å². The van der Waals surface area contributed by atoms with E-state index in [9.17, 15) is 26.7 Å². The van der Waals surface area contributed by atoms with Crippen molar-refractivity contribution in [2.24, 2.45) is 0 Å². The average Bonchev–Trinajstić information content (AvgIpc) is 2.49. The smallest absolute Gasteiger partial charge is 0.328 e.